The lowest BCUT2D eigenvalue weighted by atomic mass is 9.43. The van der Waals surface area contributed by atoms with Gasteiger partial charge >= 0.3 is 11.9 Å². The Kier molecular flexibility index (Phi) is 3.82. The molecule has 5 aliphatic rings. The van der Waals surface area contributed by atoms with E-state index in [4.69, 9.17) is 9.47 Å². The lowest BCUT2D eigenvalue weighted by Gasteiger charge is -2.66. The van der Waals surface area contributed by atoms with E-state index < -0.39 is 40.5 Å². The number of carbonyl (C=O) groups excluding carboxylic acids is 3. The molecule has 158 valence electrons. The number of anilines is 1. The number of likely N-dealkylation sites (N-methyl/N-ethyl adjacent to an activating group) is 2. The van der Waals surface area contributed by atoms with Crippen LogP contribution >= 0.6 is 0 Å². The average molecular weight is 410 g/mol. The molecule has 0 radical (unpaired) electrons. The summed E-state index contributed by atoms with van der Waals surface area (Å²) in [5.41, 5.74) is -0.640. The predicted octanol–water partition coefficient (Wildman–Crippen LogP) is 1.66. The van der Waals surface area contributed by atoms with Crippen LogP contribution in [0.3, 0.4) is 0 Å². The van der Waals surface area contributed by atoms with Gasteiger partial charge in [0.05, 0.1) is 12.5 Å². The second kappa shape index (κ2) is 5.94. The van der Waals surface area contributed by atoms with Crippen LogP contribution in [-0.2, 0) is 29.3 Å². The number of methoxy groups -OCH3 is 1. The molecule has 7 nitrogen and oxygen atoms in total. The van der Waals surface area contributed by atoms with Crippen LogP contribution in [0.15, 0.2) is 35.9 Å². The number of ether oxygens (including phenoxy) is 2. The zero-order valence-electron chi connectivity index (χ0n) is 17.7. The normalized spacial score (nSPS) is 39.3. The van der Waals surface area contributed by atoms with Gasteiger partial charge in [0.2, 0.25) is 0 Å². The van der Waals surface area contributed by atoms with Gasteiger partial charge in [0, 0.05) is 30.8 Å². The van der Waals surface area contributed by atoms with Crippen molar-refractivity contribution in [1.29, 1.82) is 0 Å². The number of allylic oxidation sites excluding steroid dienone is 1. The third kappa shape index (κ3) is 1.65. The van der Waals surface area contributed by atoms with E-state index in [2.05, 4.69) is 9.80 Å². The van der Waals surface area contributed by atoms with Gasteiger partial charge < -0.3 is 19.2 Å². The van der Waals surface area contributed by atoms with E-state index in [0.717, 1.165) is 24.1 Å². The molecule has 7 heteroatoms. The molecule has 0 N–H and O–H groups in total. The topological polar surface area (TPSA) is 76.1 Å². The minimum Gasteiger partial charge on any atom is -0.466 e. The lowest BCUT2D eigenvalue weighted by molar-refractivity contribution is -0.228. The van der Waals surface area contributed by atoms with Gasteiger partial charge in [-0.2, -0.15) is 0 Å². The number of para-hydroxylation sites is 1. The Labute approximate surface area is 175 Å². The molecule has 2 bridgehead atoms. The molecule has 0 amide bonds. The lowest BCUT2D eigenvalue weighted by Crippen LogP contribution is -2.82. The third-order valence-electron chi connectivity index (χ3n) is 8.30. The summed E-state index contributed by atoms with van der Waals surface area (Å²) in [4.78, 5) is 43.7. The van der Waals surface area contributed by atoms with Crippen molar-refractivity contribution in [2.45, 2.75) is 36.9 Å². The molecule has 4 fully saturated rings. The van der Waals surface area contributed by atoms with Crippen molar-refractivity contribution < 1.29 is 23.9 Å². The summed E-state index contributed by atoms with van der Waals surface area (Å²) in [5, 5.41) is 0. The fraction of sp³-hybridized carbons (Fsp3) is 0.522. The number of aldehydes is 1. The van der Waals surface area contributed by atoms with E-state index in [1.54, 1.807) is 13.0 Å². The number of benzene rings is 1. The van der Waals surface area contributed by atoms with Gasteiger partial charge in [-0.3, -0.25) is 9.69 Å². The van der Waals surface area contributed by atoms with Crippen molar-refractivity contribution in [3.05, 3.63) is 41.5 Å². The number of rotatable bonds is 3. The van der Waals surface area contributed by atoms with Crippen molar-refractivity contribution in [2.75, 3.05) is 32.6 Å². The molecule has 0 unspecified atom stereocenters. The van der Waals surface area contributed by atoms with Crippen LogP contribution in [-0.4, -0.2) is 62.6 Å². The van der Waals surface area contributed by atoms with E-state index in [9.17, 15) is 14.4 Å². The highest BCUT2D eigenvalue weighted by atomic mass is 16.6. The monoisotopic (exact) mass is 410 g/mol. The second-order valence-corrected chi connectivity index (χ2v) is 8.78. The number of hydrogen-bond acceptors (Lipinski definition) is 7. The highest BCUT2D eigenvalue weighted by molar-refractivity contribution is 6.03. The highest BCUT2D eigenvalue weighted by Gasteiger charge is 2.86. The number of hydrogen-bond donors (Lipinski definition) is 0. The zero-order chi connectivity index (χ0) is 21.5. The zero-order valence-corrected chi connectivity index (χ0v) is 17.7. The van der Waals surface area contributed by atoms with Crippen LogP contribution in [0.25, 0.3) is 0 Å². The van der Waals surface area contributed by atoms with Crippen LogP contribution in [0.5, 0.6) is 0 Å². The van der Waals surface area contributed by atoms with Gasteiger partial charge in [0.15, 0.2) is 0 Å². The predicted molar refractivity (Wildman–Crippen MR) is 109 cm³/mol. The van der Waals surface area contributed by atoms with Crippen LogP contribution in [0.2, 0.25) is 0 Å². The average Bonchev–Trinajstić information content (AvgIpc) is 3.21. The fourth-order valence-electron chi connectivity index (χ4n) is 7.39. The van der Waals surface area contributed by atoms with Crippen LogP contribution in [0.4, 0.5) is 5.69 Å². The smallest absolute Gasteiger partial charge is 0.333 e. The molecule has 6 rings (SSSR count). The van der Waals surface area contributed by atoms with Gasteiger partial charge in [-0.25, -0.2) is 4.79 Å². The van der Waals surface area contributed by atoms with E-state index in [0.29, 0.717) is 18.4 Å². The maximum absolute atomic E-state index is 13.6. The number of esters is 2. The summed E-state index contributed by atoms with van der Waals surface area (Å²) in [6.45, 7) is 2.47. The first-order chi connectivity index (χ1) is 14.4. The summed E-state index contributed by atoms with van der Waals surface area (Å²) in [6, 6.07) is 7.98. The number of fused-ring (bicyclic) bond motifs is 3. The molecule has 4 aliphatic heterocycles. The van der Waals surface area contributed by atoms with Gasteiger partial charge in [-0.05, 0) is 38.4 Å². The summed E-state index contributed by atoms with van der Waals surface area (Å²) < 4.78 is 11.0. The first-order valence-corrected chi connectivity index (χ1v) is 10.3. The molecular formula is C23H26N2O5. The molecule has 30 heavy (non-hydrogen) atoms. The maximum atomic E-state index is 13.6. The van der Waals surface area contributed by atoms with Crippen molar-refractivity contribution in [2.24, 2.45) is 11.3 Å². The molecule has 1 aromatic carbocycles. The van der Waals surface area contributed by atoms with Gasteiger partial charge in [-0.1, -0.05) is 24.3 Å². The van der Waals surface area contributed by atoms with E-state index in [1.807, 2.05) is 38.4 Å². The number of nitrogens with zero attached hydrogens (tertiary/aromatic N) is 2. The van der Waals surface area contributed by atoms with Gasteiger partial charge in [0.25, 0.3) is 0 Å². The molecule has 4 heterocycles. The highest BCUT2D eigenvalue weighted by Crippen LogP contribution is 2.74. The SMILES string of the molecule is C/C=C(/C(=O)OC)[C@@H]1C[C@H]2OC(=O)[C@]1(C=O)[C@@]13CCN(C)[C@@]21N(C)c1ccccc13. The molecule has 1 aliphatic carbocycles. The molecule has 1 aromatic rings. The van der Waals surface area contributed by atoms with Crippen molar-refractivity contribution in [3.63, 3.8) is 0 Å². The number of likely N-dealkylation sites (tertiary alicyclic amines) is 1. The summed E-state index contributed by atoms with van der Waals surface area (Å²) in [5.74, 6) is -1.63. The Balaban J connectivity index is 1.88. The Hall–Kier alpha value is -2.67. The van der Waals surface area contributed by atoms with Crippen LogP contribution in [0.1, 0.15) is 25.3 Å². The standard InChI is InChI=1S/C23H26N2O5/c1-5-14(19(27)29-4)16-12-18-23-22(10-11-24(23)2,21(16,13-26)20(28)30-18)15-8-6-7-9-17(15)25(23)3/h5-9,13,16,18H,10-12H2,1-4H3/b14-5+/t16-,18+,21+,22-,23+/m0/s1. The fourth-order valence-corrected chi connectivity index (χ4v) is 7.39. The molecule has 5 atom stereocenters. The summed E-state index contributed by atoms with van der Waals surface area (Å²) in [7, 11) is 5.37. The van der Waals surface area contributed by atoms with Crippen LogP contribution < -0.4 is 4.90 Å². The van der Waals surface area contributed by atoms with Crippen LogP contribution in [0, 0.1) is 11.3 Å². The van der Waals surface area contributed by atoms with E-state index in [1.165, 1.54) is 7.11 Å². The molecule has 0 aromatic heterocycles. The first kappa shape index (κ1) is 19.3. The summed E-state index contributed by atoms with van der Waals surface area (Å²) in [6.07, 6.45) is 2.98. The van der Waals surface area contributed by atoms with Gasteiger partial charge in [0.1, 0.15) is 23.5 Å². The molecule has 3 saturated heterocycles. The Bertz CT molecular complexity index is 1010. The van der Waals surface area contributed by atoms with Gasteiger partial charge in [-0.15, -0.1) is 0 Å². The maximum Gasteiger partial charge on any atom is 0.333 e. The minimum absolute atomic E-state index is 0.371. The van der Waals surface area contributed by atoms with Crippen molar-refractivity contribution in [1.82, 2.24) is 4.90 Å². The summed E-state index contributed by atoms with van der Waals surface area (Å²) >= 11 is 0. The Morgan fingerprint density at radius 3 is 2.70 bits per heavy atom. The molecule has 0 spiro atoms. The van der Waals surface area contributed by atoms with E-state index >= 15 is 0 Å². The first-order valence-electron chi connectivity index (χ1n) is 10.3. The van der Waals surface area contributed by atoms with E-state index in [-0.39, 0.29) is 0 Å². The Morgan fingerprint density at radius 1 is 1.30 bits per heavy atom. The quantitative estimate of drug-likeness (QED) is 0.325. The van der Waals surface area contributed by atoms with Crippen molar-refractivity contribution >= 4 is 23.9 Å². The molecular weight excluding hydrogens is 384 g/mol. The Morgan fingerprint density at radius 2 is 2.03 bits per heavy atom. The second-order valence-electron chi connectivity index (χ2n) is 8.78. The minimum atomic E-state index is -1.51. The molecule has 1 saturated carbocycles. The third-order valence-corrected chi connectivity index (χ3v) is 8.30. The number of carbonyl (C=O) groups is 3. The van der Waals surface area contributed by atoms with Crippen molar-refractivity contribution in [3.8, 4) is 0 Å². The largest absolute Gasteiger partial charge is 0.466 e.